The summed E-state index contributed by atoms with van der Waals surface area (Å²) in [6.07, 6.45) is 6.13. The van der Waals surface area contributed by atoms with E-state index in [1.54, 1.807) is 0 Å². The summed E-state index contributed by atoms with van der Waals surface area (Å²) < 4.78 is 2.28. The van der Waals surface area contributed by atoms with Crippen LogP contribution in [0.5, 0.6) is 0 Å². The minimum absolute atomic E-state index is 0.583. The minimum atomic E-state index is 0.583. The van der Waals surface area contributed by atoms with Gasteiger partial charge >= 0.3 is 0 Å². The number of hydrogen-bond acceptors (Lipinski definition) is 2. The molecule has 1 aliphatic carbocycles. The number of fused-ring (bicyclic) bond motifs is 1. The van der Waals surface area contributed by atoms with Crippen LogP contribution in [0.2, 0.25) is 0 Å². The van der Waals surface area contributed by atoms with Crippen LogP contribution in [-0.2, 0) is 6.54 Å². The van der Waals surface area contributed by atoms with Crippen molar-refractivity contribution in [3.05, 3.63) is 30.6 Å². The number of para-hydroxylation sites is 2. The highest BCUT2D eigenvalue weighted by molar-refractivity contribution is 5.74. The fraction of sp³-hybridized carbons (Fsp3) is 0.533. The van der Waals surface area contributed by atoms with E-state index in [-0.39, 0.29) is 0 Å². The van der Waals surface area contributed by atoms with Gasteiger partial charge in [0, 0.05) is 12.6 Å². The van der Waals surface area contributed by atoms with E-state index in [0.717, 1.165) is 24.5 Å². The van der Waals surface area contributed by atoms with Gasteiger partial charge in [0.15, 0.2) is 0 Å². The van der Waals surface area contributed by atoms with Crippen LogP contribution >= 0.6 is 0 Å². The molecule has 1 saturated carbocycles. The summed E-state index contributed by atoms with van der Waals surface area (Å²) >= 11 is 0. The first-order valence-electron chi connectivity index (χ1n) is 7.00. The number of rotatable bonds is 6. The zero-order valence-corrected chi connectivity index (χ0v) is 11.0. The third kappa shape index (κ3) is 2.56. The number of aromatic nitrogens is 2. The van der Waals surface area contributed by atoms with Crippen molar-refractivity contribution in [1.29, 1.82) is 0 Å². The molecule has 1 aliphatic rings. The lowest BCUT2D eigenvalue weighted by Crippen LogP contribution is -2.33. The molecule has 0 saturated heterocycles. The topological polar surface area (TPSA) is 29.9 Å². The average Bonchev–Trinajstić information content (AvgIpc) is 3.11. The molecule has 0 amide bonds. The summed E-state index contributed by atoms with van der Waals surface area (Å²) in [6, 6.07) is 8.95. The molecule has 0 spiro atoms. The van der Waals surface area contributed by atoms with Crippen molar-refractivity contribution in [2.45, 2.75) is 38.8 Å². The molecule has 3 heteroatoms. The quantitative estimate of drug-likeness (QED) is 0.845. The maximum atomic E-state index is 4.46. The second kappa shape index (κ2) is 5.11. The van der Waals surface area contributed by atoms with Crippen LogP contribution in [-0.4, -0.2) is 22.1 Å². The van der Waals surface area contributed by atoms with Crippen LogP contribution in [0.3, 0.4) is 0 Å². The van der Waals surface area contributed by atoms with Crippen LogP contribution in [0.15, 0.2) is 30.6 Å². The predicted molar refractivity (Wildman–Crippen MR) is 74.5 cm³/mol. The molecule has 1 heterocycles. The van der Waals surface area contributed by atoms with E-state index in [0.29, 0.717) is 6.04 Å². The summed E-state index contributed by atoms with van der Waals surface area (Å²) in [6.45, 7) is 4.26. The van der Waals surface area contributed by atoms with Crippen LogP contribution < -0.4 is 5.32 Å². The Kier molecular flexibility index (Phi) is 3.33. The van der Waals surface area contributed by atoms with Crippen molar-refractivity contribution in [2.24, 2.45) is 5.92 Å². The van der Waals surface area contributed by atoms with Crippen LogP contribution in [0, 0.1) is 5.92 Å². The van der Waals surface area contributed by atoms with Crippen molar-refractivity contribution in [2.75, 3.05) is 6.54 Å². The largest absolute Gasteiger partial charge is 0.329 e. The molecule has 96 valence electrons. The molecule has 18 heavy (non-hydrogen) atoms. The van der Waals surface area contributed by atoms with Gasteiger partial charge in [-0.05, 0) is 31.0 Å². The molecule has 0 radical (unpaired) electrons. The molecule has 1 fully saturated rings. The maximum absolute atomic E-state index is 4.46. The number of nitrogens with one attached hydrogen (secondary N) is 1. The molecule has 3 rings (SSSR count). The first kappa shape index (κ1) is 11.7. The zero-order valence-electron chi connectivity index (χ0n) is 11.0. The summed E-state index contributed by atoms with van der Waals surface area (Å²) in [5, 5.41) is 3.61. The molecular weight excluding hydrogens is 222 g/mol. The van der Waals surface area contributed by atoms with Crippen molar-refractivity contribution in [3.8, 4) is 0 Å². The van der Waals surface area contributed by atoms with Crippen molar-refractivity contribution in [3.63, 3.8) is 0 Å². The van der Waals surface area contributed by atoms with E-state index >= 15 is 0 Å². The number of benzene rings is 1. The van der Waals surface area contributed by atoms with Gasteiger partial charge in [-0.3, -0.25) is 0 Å². The SMILES string of the molecule is CCNC(CC1CC1)Cn1cnc2ccccc21. The van der Waals surface area contributed by atoms with E-state index in [1.807, 2.05) is 12.4 Å². The van der Waals surface area contributed by atoms with Gasteiger partial charge in [-0.25, -0.2) is 4.98 Å². The molecule has 1 aromatic carbocycles. The fourth-order valence-electron chi connectivity index (χ4n) is 2.66. The van der Waals surface area contributed by atoms with E-state index in [9.17, 15) is 0 Å². The number of nitrogens with zero attached hydrogens (tertiary/aromatic N) is 2. The number of likely N-dealkylation sites (N-methyl/N-ethyl adjacent to an activating group) is 1. The van der Waals surface area contributed by atoms with Crippen molar-refractivity contribution >= 4 is 11.0 Å². The van der Waals surface area contributed by atoms with Gasteiger partial charge < -0.3 is 9.88 Å². The third-order valence-electron chi connectivity index (χ3n) is 3.75. The van der Waals surface area contributed by atoms with Gasteiger partial charge in [0.25, 0.3) is 0 Å². The standard InChI is InChI=1S/C15H21N3/c1-2-16-13(9-12-7-8-12)10-18-11-17-14-5-3-4-6-15(14)18/h3-6,11-13,16H,2,7-10H2,1H3. The molecule has 1 unspecified atom stereocenters. The predicted octanol–water partition coefficient (Wildman–Crippen LogP) is 2.81. The van der Waals surface area contributed by atoms with Gasteiger partial charge in [0.2, 0.25) is 0 Å². The Bertz CT molecular complexity index is 513. The summed E-state index contributed by atoms with van der Waals surface area (Å²) in [5.74, 6) is 0.962. The Labute approximate surface area is 108 Å². The van der Waals surface area contributed by atoms with Crippen molar-refractivity contribution < 1.29 is 0 Å². The fourth-order valence-corrected chi connectivity index (χ4v) is 2.66. The molecule has 1 atom stereocenters. The maximum Gasteiger partial charge on any atom is 0.0958 e. The van der Waals surface area contributed by atoms with Crippen molar-refractivity contribution in [1.82, 2.24) is 14.9 Å². The van der Waals surface area contributed by atoms with Crippen LogP contribution in [0.25, 0.3) is 11.0 Å². The molecule has 2 aromatic rings. The molecule has 1 N–H and O–H groups in total. The number of imidazole rings is 1. The monoisotopic (exact) mass is 243 g/mol. The Morgan fingerprint density at radius 3 is 3.00 bits per heavy atom. The van der Waals surface area contributed by atoms with E-state index in [4.69, 9.17) is 0 Å². The minimum Gasteiger partial charge on any atom is -0.329 e. The van der Waals surface area contributed by atoms with Gasteiger partial charge in [-0.2, -0.15) is 0 Å². The normalized spacial score (nSPS) is 17.2. The van der Waals surface area contributed by atoms with Gasteiger partial charge in [-0.1, -0.05) is 31.9 Å². The second-order valence-electron chi connectivity index (χ2n) is 5.32. The highest BCUT2D eigenvalue weighted by Crippen LogP contribution is 2.33. The Morgan fingerprint density at radius 2 is 2.22 bits per heavy atom. The van der Waals surface area contributed by atoms with Crippen LogP contribution in [0.1, 0.15) is 26.2 Å². The Balaban J connectivity index is 1.76. The summed E-state index contributed by atoms with van der Waals surface area (Å²) in [4.78, 5) is 4.46. The Morgan fingerprint density at radius 1 is 1.39 bits per heavy atom. The van der Waals surface area contributed by atoms with Gasteiger partial charge in [0.1, 0.15) is 0 Å². The molecule has 3 nitrogen and oxygen atoms in total. The summed E-state index contributed by atoms with van der Waals surface area (Å²) in [5.41, 5.74) is 2.34. The van der Waals surface area contributed by atoms with Gasteiger partial charge in [-0.15, -0.1) is 0 Å². The lowest BCUT2D eigenvalue weighted by molar-refractivity contribution is 0.418. The third-order valence-corrected chi connectivity index (χ3v) is 3.75. The smallest absolute Gasteiger partial charge is 0.0958 e. The first-order chi connectivity index (χ1) is 8.86. The van der Waals surface area contributed by atoms with Gasteiger partial charge in [0.05, 0.1) is 17.4 Å². The highest BCUT2D eigenvalue weighted by Gasteiger charge is 2.25. The molecule has 1 aromatic heterocycles. The molecule has 0 bridgehead atoms. The van der Waals surface area contributed by atoms with E-state index < -0.39 is 0 Å². The second-order valence-corrected chi connectivity index (χ2v) is 5.32. The number of hydrogen-bond donors (Lipinski definition) is 1. The first-order valence-corrected chi connectivity index (χ1v) is 7.00. The van der Waals surface area contributed by atoms with E-state index in [1.165, 1.54) is 24.8 Å². The van der Waals surface area contributed by atoms with Crippen LogP contribution in [0.4, 0.5) is 0 Å². The molecule has 0 aliphatic heterocycles. The average molecular weight is 243 g/mol. The highest BCUT2D eigenvalue weighted by atomic mass is 15.1. The summed E-state index contributed by atoms with van der Waals surface area (Å²) in [7, 11) is 0. The lowest BCUT2D eigenvalue weighted by atomic mass is 10.1. The zero-order chi connectivity index (χ0) is 12.4. The van der Waals surface area contributed by atoms with E-state index in [2.05, 4.69) is 40.0 Å². The lowest BCUT2D eigenvalue weighted by Gasteiger charge is -2.18. The Hall–Kier alpha value is -1.35. The molecular formula is C15H21N3.